The Kier molecular flexibility index (Phi) is 25.2. The first-order valence-electron chi connectivity index (χ1n) is 23.8. The molecule has 6 aromatic rings. The molecular formula is C55H69BBrN8O10. The van der Waals surface area contributed by atoms with Crippen LogP contribution in [0.4, 0.5) is 32.3 Å². The van der Waals surface area contributed by atoms with Crippen LogP contribution in [0.15, 0.2) is 151 Å². The summed E-state index contributed by atoms with van der Waals surface area (Å²) < 4.78 is 16.3. The van der Waals surface area contributed by atoms with E-state index in [-0.39, 0.29) is 31.0 Å². The van der Waals surface area contributed by atoms with Crippen LogP contribution < -0.4 is 16.1 Å². The minimum absolute atomic E-state index is 0. The van der Waals surface area contributed by atoms with Gasteiger partial charge < -0.3 is 40.4 Å². The van der Waals surface area contributed by atoms with Crippen molar-refractivity contribution in [1.29, 1.82) is 0 Å². The summed E-state index contributed by atoms with van der Waals surface area (Å²) in [6, 6.07) is 35.6. The van der Waals surface area contributed by atoms with Crippen LogP contribution in [0.5, 0.6) is 5.75 Å². The van der Waals surface area contributed by atoms with Gasteiger partial charge in [-0.1, -0.05) is 53.7 Å². The van der Waals surface area contributed by atoms with Crippen LogP contribution in [0.3, 0.4) is 0 Å². The molecule has 399 valence electrons. The summed E-state index contributed by atoms with van der Waals surface area (Å²) in [5.74, 6) is 1.27. The minimum Gasteiger partial charge on any atom is -0.536 e. The van der Waals surface area contributed by atoms with Gasteiger partial charge in [-0.25, -0.2) is 9.59 Å². The fraction of sp³-hybridized carbons (Fsp3) is 0.345. The lowest BCUT2D eigenvalue weighted by atomic mass is 9.91. The van der Waals surface area contributed by atoms with Gasteiger partial charge in [0, 0.05) is 96.7 Å². The van der Waals surface area contributed by atoms with Gasteiger partial charge in [0.15, 0.2) is 0 Å². The van der Waals surface area contributed by atoms with E-state index >= 15 is 0 Å². The molecule has 1 unspecified atom stereocenters. The lowest BCUT2D eigenvalue weighted by Gasteiger charge is -2.34. The molecule has 0 aliphatic carbocycles. The van der Waals surface area contributed by atoms with Gasteiger partial charge in [0.05, 0.1) is 16.0 Å². The van der Waals surface area contributed by atoms with Gasteiger partial charge in [0.2, 0.25) is 0 Å². The number of aromatic nitrogens is 2. The molecule has 2 fully saturated rings. The van der Waals surface area contributed by atoms with Gasteiger partial charge in [-0.05, 0) is 156 Å². The lowest BCUT2D eigenvalue weighted by Crippen LogP contribution is -2.42. The summed E-state index contributed by atoms with van der Waals surface area (Å²) in [4.78, 5) is 55.3. The van der Waals surface area contributed by atoms with Gasteiger partial charge in [-0.15, -0.1) is 0 Å². The normalized spacial score (nSPS) is 14.8. The SMILES string of the molecule is C.CC(C)(C)OC(=O)N1CCCC(c2ccc(N)cc2)C1.CC(C)(C)OC(=O)N1CCC[C@@H](c2ccc(N)cc2)C1.O=[N+]([O-])c1ccc(-c2cccnc2)cc1.O=[N+]([O-])c1ccc(Br)cc1.O[B]Oc1cccnc1. The summed E-state index contributed by atoms with van der Waals surface area (Å²) in [5, 5.41) is 28.7. The fourth-order valence-electron chi connectivity index (χ4n) is 7.37. The van der Waals surface area contributed by atoms with E-state index in [1.54, 1.807) is 55.0 Å². The molecule has 2 aromatic heterocycles. The van der Waals surface area contributed by atoms with Crippen molar-refractivity contribution < 1.29 is 38.6 Å². The molecule has 4 aromatic carbocycles. The average Bonchev–Trinajstić information content (AvgIpc) is 3.37. The van der Waals surface area contributed by atoms with Crippen LogP contribution >= 0.6 is 15.9 Å². The number of piperidine rings is 2. The number of anilines is 2. The quantitative estimate of drug-likeness (QED) is 0.0582. The number of likely N-dealkylation sites (tertiary alicyclic amines) is 2. The van der Waals surface area contributed by atoms with Crippen LogP contribution in [0.2, 0.25) is 0 Å². The number of benzene rings is 4. The summed E-state index contributed by atoms with van der Waals surface area (Å²) in [6.45, 7) is 14.4. The highest BCUT2D eigenvalue weighted by atomic mass is 79.9. The molecule has 5 N–H and O–H groups in total. The molecule has 1 radical (unpaired) electrons. The molecule has 0 spiro atoms. The Morgan fingerprint density at radius 3 is 1.41 bits per heavy atom. The second-order valence-corrected chi connectivity index (χ2v) is 20.0. The van der Waals surface area contributed by atoms with Crippen molar-refractivity contribution in [1.82, 2.24) is 19.8 Å². The number of carbonyl (C=O) groups is 2. The molecule has 2 saturated heterocycles. The molecule has 18 nitrogen and oxygen atoms in total. The summed E-state index contributed by atoms with van der Waals surface area (Å²) in [7, 11) is 0.622. The number of nitrogens with zero attached hydrogens (tertiary/aromatic N) is 6. The zero-order chi connectivity index (χ0) is 54.3. The molecule has 0 bridgehead atoms. The lowest BCUT2D eigenvalue weighted by molar-refractivity contribution is -0.385. The van der Waals surface area contributed by atoms with Crippen molar-refractivity contribution in [3.63, 3.8) is 0 Å². The van der Waals surface area contributed by atoms with Gasteiger partial charge in [-0.3, -0.25) is 30.2 Å². The molecule has 75 heavy (non-hydrogen) atoms. The number of hydrogen-bond acceptors (Lipinski definition) is 14. The number of amides is 2. The third-order valence-corrected chi connectivity index (χ3v) is 11.4. The van der Waals surface area contributed by atoms with Crippen LogP contribution in [0, 0.1) is 20.2 Å². The smallest absolute Gasteiger partial charge is 0.536 e. The van der Waals surface area contributed by atoms with E-state index in [1.807, 2.05) is 87.7 Å². The summed E-state index contributed by atoms with van der Waals surface area (Å²) >= 11 is 3.17. The van der Waals surface area contributed by atoms with Crippen molar-refractivity contribution >= 4 is 58.6 Å². The van der Waals surface area contributed by atoms with E-state index in [1.165, 1.54) is 41.6 Å². The second kappa shape index (κ2) is 30.6. The Bertz CT molecular complexity index is 2550. The van der Waals surface area contributed by atoms with E-state index in [2.05, 4.69) is 54.8 Å². The Hall–Kier alpha value is -7.58. The topological polar surface area (TPSA) is 253 Å². The number of nitrogen functional groups attached to an aromatic ring is 2. The fourth-order valence-corrected chi connectivity index (χ4v) is 7.63. The van der Waals surface area contributed by atoms with Crippen molar-refractivity contribution in [2.24, 2.45) is 0 Å². The molecule has 2 amide bonds. The molecule has 0 saturated carbocycles. The first kappa shape index (κ1) is 61.7. The van der Waals surface area contributed by atoms with Crippen molar-refractivity contribution in [2.45, 2.75) is 97.7 Å². The number of non-ortho nitro benzene ring substituents is 2. The van der Waals surface area contributed by atoms with Crippen LogP contribution in [-0.4, -0.2) is 91.9 Å². The van der Waals surface area contributed by atoms with E-state index in [9.17, 15) is 29.8 Å². The third-order valence-electron chi connectivity index (χ3n) is 10.9. The Morgan fingerprint density at radius 1 is 0.640 bits per heavy atom. The van der Waals surface area contributed by atoms with E-state index in [0.717, 1.165) is 78.8 Å². The number of hydrogen-bond donors (Lipinski definition) is 3. The highest BCUT2D eigenvalue weighted by Crippen LogP contribution is 2.30. The zero-order valence-corrected chi connectivity index (χ0v) is 44.2. The maximum Gasteiger partial charge on any atom is 0.569 e. The number of carbonyl (C=O) groups excluding carboxylic acids is 2. The molecule has 2 aliphatic rings. The van der Waals surface area contributed by atoms with Gasteiger partial charge in [0.1, 0.15) is 17.0 Å². The summed E-state index contributed by atoms with van der Waals surface area (Å²) in [5.41, 5.74) is 16.7. The number of nitrogens with two attached hydrogens (primary N) is 2. The number of pyridine rings is 2. The maximum absolute atomic E-state index is 12.1. The highest BCUT2D eigenvalue weighted by Gasteiger charge is 2.29. The van der Waals surface area contributed by atoms with Gasteiger partial charge >= 0.3 is 19.9 Å². The predicted octanol–water partition coefficient (Wildman–Crippen LogP) is 12.4. The molecule has 2 aliphatic heterocycles. The van der Waals surface area contributed by atoms with Crippen molar-refractivity contribution in [3.05, 3.63) is 182 Å². The average molecular weight is 1090 g/mol. The summed E-state index contributed by atoms with van der Waals surface area (Å²) in [6.07, 6.45) is 10.3. The van der Waals surface area contributed by atoms with Gasteiger partial charge in [-0.2, -0.15) is 0 Å². The van der Waals surface area contributed by atoms with Crippen LogP contribution in [0.1, 0.15) is 97.6 Å². The number of nitro benzene ring substituents is 2. The predicted molar refractivity (Wildman–Crippen MR) is 298 cm³/mol. The molecule has 20 heteroatoms. The first-order chi connectivity index (χ1) is 35.1. The number of nitro groups is 2. The highest BCUT2D eigenvalue weighted by molar-refractivity contribution is 9.10. The minimum atomic E-state index is -0.439. The molecule has 4 heterocycles. The van der Waals surface area contributed by atoms with E-state index in [0.29, 0.717) is 25.3 Å². The Labute approximate surface area is 449 Å². The van der Waals surface area contributed by atoms with Crippen LogP contribution in [0.25, 0.3) is 11.1 Å². The largest absolute Gasteiger partial charge is 0.569 e. The Balaban J connectivity index is 0.000000254. The molecule has 2 atom stereocenters. The van der Waals surface area contributed by atoms with Crippen molar-refractivity contribution in [2.75, 3.05) is 37.6 Å². The van der Waals surface area contributed by atoms with E-state index in [4.69, 9.17) is 26.0 Å². The van der Waals surface area contributed by atoms with Gasteiger partial charge in [0.25, 0.3) is 11.4 Å². The molecule has 8 rings (SSSR count). The number of halogens is 1. The van der Waals surface area contributed by atoms with E-state index < -0.39 is 21.0 Å². The first-order valence-corrected chi connectivity index (χ1v) is 24.6. The monoisotopic (exact) mass is 1090 g/mol. The maximum atomic E-state index is 12.1. The number of rotatable bonds is 7. The number of ether oxygens (including phenoxy) is 2. The molecular weight excluding hydrogens is 1020 g/mol. The van der Waals surface area contributed by atoms with Crippen molar-refractivity contribution in [3.8, 4) is 16.9 Å². The standard InChI is InChI=1S/2C16H24N2O2.C11H8N2O2.C6H4BrNO2.C5H5BNO2.CH4/c2*1-16(2,3)20-15(19)18-10-4-5-13(11-18)12-6-8-14(17)9-7-12;14-13(15)11-5-3-9(4-6-11)10-2-1-7-12-8-10;7-5-1-3-6(4-2-5)8(9)10;8-6-9-5-2-1-3-7-4-5;/h2*6-9,13H,4-5,10-11,17H2,1-3H3;1-8H;1-4H;1-4,8H;1H4/t13-;;;;;/m1...../s1. The second-order valence-electron chi connectivity index (χ2n) is 19.1. The third kappa shape index (κ3) is 23.0. The Morgan fingerprint density at radius 2 is 1.05 bits per heavy atom. The van der Waals surface area contributed by atoms with Crippen LogP contribution in [-0.2, 0) is 9.47 Å². The zero-order valence-electron chi connectivity index (χ0n) is 42.6.